The topological polar surface area (TPSA) is 47.6 Å². The minimum absolute atomic E-state index is 0.151. The van der Waals surface area contributed by atoms with Crippen LogP contribution in [0.15, 0.2) is 0 Å². The van der Waals surface area contributed by atoms with Crippen LogP contribution in [0.1, 0.15) is 26.7 Å². The van der Waals surface area contributed by atoms with Crippen molar-refractivity contribution in [3.05, 3.63) is 0 Å². The van der Waals surface area contributed by atoms with Crippen LogP contribution in [0.2, 0.25) is 0 Å². The molecule has 4 nitrogen and oxygen atoms in total. The molecule has 0 saturated heterocycles. The van der Waals surface area contributed by atoms with Gasteiger partial charge in [-0.1, -0.05) is 13.3 Å². The summed E-state index contributed by atoms with van der Waals surface area (Å²) in [5, 5.41) is 2.98. The lowest BCUT2D eigenvalue weighted by Crippen LogP contribution is -2.25. The van der Waals surface area contributed by atoms with E-state index in [9.17, 15) is 4.79 Å². The Balaban J connectivity index is 2.89. The van der Waals surface area contributed by atoms with E-state index >= 15 is 0 Å². The summed E-state index contributed by atoms with van der Waals surface area (Å²) in [6, 6.07) is 0. The molecule has 0 aliphatic rings. The second kappa shape index (κ2) is 11.6. The van der Waals surface area contributed by atoms with E-state index in [0.29, 0.717) is 32.9 Å². The molecule has 0 aromatic rings. The van der Waals surface area contributed by atoms with Crippen molar-refractivity contribution in [1.82, 2.24) is 5.32 Å². The number of Topliss-reactive ketones (excluding diaryl/α,β-unsaturated/α-hetero) is 1. The molecule has 0 heterocycles. The van der Waals surface area contributed by atoms with Crippen LogP contribution in [0.4, 0.5) is 0 Å². The molecule has 0 spiro atoms. The molecular formula is C11H23NO3. The van der Waals surface area contributed by atoms with Crippen LogP contribution >= 0.6 is 0 Å². The van der Waals surface area contributed by atoms with Crippen LogP contribution < -0.4 is 5.32 Å². The lowest BCUT2D eigenvalue weighted by atomic mass is 10.4. The van der Waals surface area contributed by atoms with Gasteiger partial charge in [-0.05, 0) is 13.3 Å². The third-order valence-corrected chi connectivity index (χ3v) is 1.81. The summed E-state index contributed by atoms with van der Waals surface area (Å²) in [4.78, 5) is 10.6. The molecule has 4 heteroatoms. The first-order valence-electron chi connectivity index (χ1n) is 5.63. The van der Waals surface area contributed by atoms with E-state index in [2.05, 4.69) is 12.2 Å². The third-order valence-electron chi connectivity index (χ3n) is 1.81. The second-order valence-corrected chi connectivity index (χ2v) is 3.46. The lowest BCUT2D eigenvalue weighted by molar-refractivity contribution is -0.116. The fraction of sp³-hybridized carbons (Fsp3) is 0.909. The molecule has 0 saturated carbocycles. The number of ketones is 1. The maximum atomic E-state index is 10.6. The van der Waals surface area contributed by atoms with E-state index in [0.717, 1.165) is 19.4 Å². The van der Waals surface area contributed by atoms with Crippen LogP contribution in [0.5, 0.6) is 0 Å². The average Bonchev–Trinajstić information content (AvgIpc) is 2.20. The molecule has 0 aromatic carbocycles. The van der Waals surface area contributed by atoms with Crippen molar-refractivity contribution in [2.45, 2.75) is 26.7 Å². The monoisotopic (exact) mass is 217 g/mol. The van der Waals surface area contributed by atoms with Crippen LogP contribution in [-0.4, -0.2) is 45.3 Å². The molecule has 0 atom stereocenters. The summed E-state index contributed by atoms with van der Waals surface area (Å²) < 4.78 is 10.6. The van der Waals surface area contributed by atoms with Crippen molar-refractivity contribution >= 4 is 5.78 Å². The van der Waals surface area contributed by atoms with Gasteiger partial charge in [0.25, 0.3) is 0 Å². The van der Waals surface area contributed by atoms with Crippen molar-refractivity contribution in [3.8, 4) is 0 Å². The molecule has 0 bridgehead atoms. The summed E-state index contributed by atoms with van der Waals surface area (Å²) in [5.74, 6) is 0.151. The van der Waals surface area contributed by atoms with Gasteiger partial charge < -0.3 is 14.8 Å². The predicted octanol–water partition coefficient (Wildman–Crippen LogP) is 0.998. The van der Waals surface area contributed by atoms with E-state index in [4.69, 9.17) is 9.47 Å². The number of hydrogen-bond acceptors (Lipinski definition) is 4. The van der Waals surface area contributed by atoms with Crippen molar-refractivity contribution in [2.24, 2.45) is 0 Å². The van der Waals surface area contributed by atoms with Crippen LogP contribution in [0, 0.1) is 0 Å². The van der Waals surface area contributed by atoms with E-state index < -0.39 is 0 Å². The van der Waals surface area contributed by atoms with Gasteiger partial charge >= 0.3 is 0 Å². The first kappa shape index (κ1) is 14.6. The summed E-state index contributed by atoms with van der Waals surface area (Å²) in [6.07, 6.45) is 2.27. The number of ether oxygens (including phenoxy) is 2. The number of hydrogen-bond donors (Lipinski definition) is 1. The first-order chi connectivity index (χ1) is 7.27. The first-order valence-corrected chi connectivity index (χ1v) is 5.63. The van der Waals surface area contributed by atoms with Gasteiger partial charge in [-0.3, -0.25) is 4.79 Å². The largest absolute Gasteiger partial charge is 0.379 e. The molecule has 0 aromatic heterocycles. The van der Waals surface area contributed by atoms with Gasteiger partial charge in [0, 0.05) is 13.2 Å². The Morgan fingerprint density at radius 3 is 2.40 bits per heavy atom. The zero-order valence-electron chi connectivity index (χ0n) is 9.88. The Kier molecular flexibility index (Phi) is 11.3. The Labute approximate surface area is 92.3 Å². The Hall–Kier alpha value is -0.450. The Morgan fingerprint density at radius 2 is 1.80 bits per heavy atom. The fourth-order valence-corrected chi connectivity index (χ4v) is 0.977. The molecule has 15 heavy (non-hydrogen) atoms. The van der Waals surface area contributed by atoms with Gasteiger partial charge in [-0.25, -0.2) is 0 Å². The number of nitrogens with one attached hydrogen (secondary N) is 1. The molecule has 0 aliphatic carbocycles. The second-order valence-electron chi connectivity index (χ2n) is 3.46. The standard InChI is InChI=1S/C11H23NO3/c1-3-4-6-14-8-9-15-7-5-12-10-11(2)13/h12H,3-10H2,1-2H3. The Morgan fingerprint density at radius 1 is 1.13 bits per heavy atom. The number of rotatable bonds is 11. The SMILES string of the molecule is CCCCOCCOCCNCC(C)=O. The predicted molar refractivity (Wildman–Crippen MR) is 60.1 cm³/mol. The summed E-state index contributed by atoms with van der Waals surface area (Å²) in [6.45, 7) is 7.59. The van der Waals surface area contributed by atoms with Crippen molar-refractivity contribution in [3.63, 3.8) is 0 Å². The molecule has 0 unspecified atom stereocenters. The van der Waals surface area contributed by atoms with Crippen LogP contribution in [0.3, 0.4) is 0 Å². The number of unbranched alkanes of at least 4 members (excludes halogenated alkanes) is 1. The zero-order valence-corrected chi connectivity index (χ0v) is 9.88. The van der Waals surface area contributed by atoms with E-state index in [-0.39, 0.29) is 5.78 Å². The molecule has 0 rings (SSSR count). The summed E-state index contributed by atoms with van der Waals surface area (Å²) >= 11 is 0. The van der Waals surface area contributed by atoms with Gasteiger partial charge in [0.05, 0.1) is 26.4 Å². The highest BCUT2D eigenvalue weighted by Crippen LogP contribution is 1.87. The third kappa shape index (κ3) is 13.6. The molecule has 90 valence electrons. The highest BCUT2D eigenvalue weighted by Gasteiger charge is 1.92. The van der Waals surface area contributed by atoms with Gasteiger partial charge in [-0.15, -0.1) is 0 Å². The maximum absolute atomic E-state index is 10.6. The smallest absolute Gasteiger partial charge is 0.143 e. The van der Waals surface area contributed by atoms with Crippen LogP contribution in [-0.2, 0) is 14.3 Å². The minimum Gasteiger partial charge on any atom is -0.379 e. The fourth-order valence-electron chi connectivity index (χ4n) is 0.977. The van der Waals surface area contributed by atoms with E-state index in [1.54, 1.807) is 6.92 Å². The summed E-state index contributed by atoms with van der Waals surface area (Å²) in [5.41, 5.74) is 0. The van der Waals surface area contributed by atoms with Gasteiger partial charge in [-0.2, -0.15) is 0 Å². The average molecular weight is 217 g/mol. The highest BCUT2D eigenvalue weighted by atomic mass is 16.5. The quantitative estimate of drug-likeness (QED) is 0.524. The highest BCUT2D eigenvalue weighted by molar-refractivity contribution is 5.77. The molecule has 0 radical (unpaired) electrons. The lowest BCUT2D eigenvalue weighted by Gasteiger charge is -2.05. The zero-order chi connectivity index (χ0) is 11.4. The number of carbonyl (C=O) groups is 1. The van der Waals surface area contributed by atoms with Crippen molar-refractivity contribution < 1.29 is 14.3 Å². The van der Waals surface area contributed by atoms with Gasteiger partial charge in [0.15, 0.2) is 0 Å². The molecule has 0 fully saturated rings. The molecule has 1 N–H and O–H groups in total. The van der Waals surface area contributed by atoms with E-state index in [1.807, 2.05) is 0 Å². The molecular weight excluding hydrogens is 194 g/mol. The maximum Gasteiger partial charge on any atom is 0.143 e. The summed E-state index contributed by atoms with van der Waals surface area (Å²) in [7, 11) is 0. The van der Waals surface area contributed by atoms with Crippen LogP contribution in [0.25, 0.3) is 0 Å². The Bertz CT molecular complexity index is 151. The molecule has 0 amide bonds. The van der Waals surface area contributed by atoms with Crippen molar-refractivity contribution in [1.29, 1.82) is 0 Å². The van der Waals surface area contributed by atoms with E-state index in [1.165, 1.54) is 0 Å². The minimum atomic E-state index is 0.151. The number of carbonyl (C=O) groups excluding carboxylic acids is 1. The normalized spacial score (nSPS) is 10.5. The molecule has 0 aliphatic heterocycles. The van der Waals surface area contributed by atoms with Crippen molar-refractivity contribution in [2.75, 3.05) is 39.5 Å². The van der Waals surface area contributed by atoms with Gasteiger partial charge in [0.2, 0.25) is 0 Å². The van der Waals surface area contributed by atoms with Gasteiger partial charge in [0.1, 0.15) is 5.78 Å².